The van der Waals surface area contributed by atoms with Crippen LogP contribution in [-0.2, 0) is 14.3 Å². The molecule has 4 nitrogen and oxygen atoms in total. The van der Waals surface area contributed by atoms with Crippen LogP contribution in [0.3, 0.4) is 0 Å². The maximum absolute atomic E-state index is 11.2. The SMILES string of the molecule is CCOC(=O)C1CC(C)CC(O)O1. The number of rotatable bonds is 2. The molecular weight excluding hydrogens is 172 g/mol. The van der Waals surface area contributed by atoms with Crippen LogP contribution in [0.25, 0.3) is 0 Å². The van der Waals surface area contributed by atoms with Crippen molar-refractivity contribution < 1.29 is 19.4 Å². The highest BCUT2D eigenvalue weighted by molar-refractivity contribution is 5.74. The Morgan fingerprint density at radius 1 is 1.62 bits per heavy atom. The number of ether oxygens (including phenoxy) is 2. The molecule has 0 amide bonds. The summed E-state index contributed by atoms with van der Waals surface area (Å²) in [5.41, 5.74) is 0. The minimum Gasteiger partial charge on any atom is -0.464 e. The molecule has 0 aromatic carbocycles. The molecule has 0 radical (unpaired) electrons. The van der Waals surface area contributed by atoms with Gasteiger partial charge in [-0.1, -0.05) is 6.92 Å². The van der Waals surface area contributed by atoms with E-state index in [0.717, 1.165) is 0 Å². The molecule has 0 spiro atoms. The average molecular weight is 188 g/mol. The van der Waals surface area contributed by atoms with Gasteiger partial charge in [0.1, 0.15) is 0 Å². The summed E-state index contributed by atoms with van der Waals surface area (Å²) in [7, 11) is 0. The molecule has 1 saturated heterocycles. The smallest absolute Gasteiger partial charge is 0.335 e. The van der Waals surface area contributed by atoms with E-state index in [1.807, 2.05) is 6.92 Å². The molecule has 1 aliphatic rings. The lowest BCUT2D eigenvalue weighted by Gasteiger charge is -2.29. The molecule has 3 atom stereocenters. The van der Waals surface area contributed by atoms with Crippen molar-refractivity contribution in [3.63, 3.8) is 0 Å². The molecule has 76 valence electrons. The predicted octanol–water partition coefficient (Wildman–Crippen LogP) is 0.683. The van der Waals surface area contributed by atoms with Crippen LogP contribution >= 0.6 is 0 Å². The van der Waals surface area contributed by atoms with Gasteiger partial charge in [0.15, 0.2) is 12.4 Å². The lowest BCUT2D eigenvalue weighted by Crippen LogP contribution is -2.38. The van der Waals surface area contributed by atoms with Gasteiger partial charge in [0, 0.05) is 6.42 Å². The first-order valence-electron chi connectivity index (χ1n) is 4.63. The van der Waals surface area contributed by atoms with Gasteiger partial charge >= 0.3 is 5.97 Å². The van der Waals surface area contributed by atoms with Gasteiger partial charge in [-0.15, -0.1) is 0 Å². The molecule has 1 N–H and O–H groups in total. The van der Waals surface area contributed by atoms with Crippen LogP contribution in [-0.4, -0.2) is 30.1 Å². The van der Waals surface area contributed by atoms with Gasteiger partial charge in [-0.05, 0) is 19.3 Å². The van der Waals surface area contributed by atoms with E-state index in [0.29, 0.717) is 25.4 Å². The van der Waals surface area contributed by atoms with Crippen molar-refractivity contribution in [1.82, 2.24) is 0 Å². The summed E-state index contributed by atoms with van der Waals surface area (Å²) in [6.07, 6.45) is -0.178. The van der Waals surface area contributed by atoms with E-state index in [4.69, 9.17) is 9.47 Å². The minimum atomic E-state index is -0.821. The van der Waals surface area contributed by atoms with Gasteiger partial charge in [0.05, 0.1) is 6.61 Å². The monoisotopic (exact) mass is 188 g/mol. The highest BCUT2D eigenvalue weighted by Gasteiger charge is 2.31. The van der Waals surface area contributed by atoms with Crippen molar-refractivity contribution in [2.45, 2.75) is 39.1 Å². The molecule has 3 unspecified atom stereocenters. The molecule has 0 saturated carbocycles. The maximum Gasteiger partial charge on any atom is 0.335 e. The Bertz CT molecular complexity index is 170. The van der Waals surface area contributed by atoms with E-state index in [1.54, 1.807) is 6.92 Å². The predicted molar refractivity (Wildman–Crippen MR) is 45.9 cm³/mol. The summed E-state index contributed by atoms with van der Waals surface area (Å²) in [5, 5.41) is 9.24. The Morgan fingerprint density at radius 2 is 2.31 bits per heavy atom. The maximum atomic E-state index is 11.2. The Balaban J connectivity index is 2.45. The molecule has 1 rings (SSSR count). The molecule has 4 heteroatoms. The van der Waals surface area contributed by atoms with Crippen LogP contribution in [0.15, 0.2) is 0 Å². The summed E-state index contributed by atoms with van der Waals surface area (Å²) in [6, 6.07) is 0. The van der Waals surface area contributed by atoms with Crippen LogP contribution in [0.2, 0.25) is 0 Å². The fourth-order valence-corrected chi connectivity index (χ4v) is 1.49. The van der Waals surface area contributed by atoms with Gasteiger partial charge in [0.2, 0.25) is 0 Å². The molecule has 0 aromatic rings. The number of carbonyl (C=O) groups is 1. The molecule has 1 fully saturated rings. The summed E-state index contributed by atoms with van der Waals surface area (Å²) in [4.78, 5) is 11.2. The fraction of sp³-hybridized carbons (Fsp3) is 0.889. The minimum absolute atomic E-state index is 0.304. The average Bonchev–Trinajstić information content (AvgIpc) is 2.03. The number of hydrogen-bond donors (Lipinski definition) is 1. The number of aliphatic hydroxyl groups excluding tert-OH is 1. The van der Waals surface area contributed by atoms with Gasteiger partial charge in [-0.25, -0.2) is 4.79 Å². The molecular formula is C9H16O4. The molecule has 1 heterocycles. The van der Waals surface area contributed by atoms with Crippen LogP contribution in [0.1, 0.15) is 26.7 Å². The molecule has 0 aliphatic carbocycles. The highest BCUT2D eigenvalue weighted by atomic mass is 16.6. The van der Waals surface area contributed by atoms with E-state index >= 15 is 0 Å². The molecule has 1 aliphatic heterocycles. The third kappa shape index (κ3) is 2.97. The summed E-state index contributed by atoms with van der Waals surface area (Å²) in [6.45, 7) is 4.09. The van der Waals surface area contributed by atoms with E-state index in [9.17, 15) is 9.90 Å². The van der Waals surface area contributed by atoms with Crippen molar-refractivity contribution in [3.05, 3.63) is 0 Å². The van der Waals surface area contributed by atoms with Crippen molar-refractivity contribution in [2.75, 3.05) is 6.61 Å². The van der Waals surface area contributed by atoms with Crippen LogP contribution in [0.4, 0.5) is 0 Å². The largest absolute Gasteiger partial charge is 0.464 e. The first-order chi connectivity index (χ1) is 6.13. The molecule has 0 aromatic heterocycles. The van der Waals surface area contributed by atoms with Gasteiger partial charge < -0.3 is 14.6 Å². The highest BCUT2D eigenvalue weighted by Crippen LogP contribution is 2.23. The Morgan fingerprint density at radius 3 is 2.85 bits per heavy atom. The first-order valence-corrected chi connectivity index (χ1v) is 4.63. The third-order valence-corrected chi connectivity index (χ3v) is 2.09. The van der Waals surface area contributed by atoms with Crippen LogP contribution in [0, 0.1) is 5.92 Å². The lowest BCUT2D eigenvalue weighted by molar-refractivity contribution is -0.199. The van der Waals surface area contributed by atoms with Gasteiger partial charge in [-0.3, -0.25) is 0 Å². The van der Waals surface area contributed by atoms with E-state index in [-0.39, 0.29) is 5.97 Å². The van der Waals surface area contributed by atoms with E-state index < -0.39 is 12.4 Å². The first kappa shape index (κ1) is 10.5. The molecule has 13 heavy (non-hydrogen) atoms. The van der Waals surface area contributed by atoms with E-state index in [2.05, 4.69) is 0 Å². The second kappa shape index (κ2) is 4.58. The lowest BCUT2D eigenvalue weighted by atomic mass is 9.97. The zero-order valence-electron chi connectivity index (χ0n) is 8.03. The standard InChI is InChI=1S/C9H16O4/c1-3-12-9(11)7-4-6(2)5-8(10)13-7/h6-8,10H,3-5H2,1-2H3. The zero-order valence-corrected chi connectivity index (χ0v) is 8.03. The second-order valence-electron chi connectivity index (χ2n) is 3.41. The third-order valence-electron chi connectivity index (χ3n) is 2.09. The van der Waals surface area contributed by atoms with Gasteiger partial charge in [0.25, 0.3) is 0 Å². The molecule has 0 bridgehead atoms. The number of carbonyl (C=O) groups excluding carboxylic acids is 1. The normalized spacial score (nSPS) is 34.2. The summed E-state index contributed by atoms with van der Waals surface area (Å²) >= 11 is 0. The van der Waals surface area contributed by atoms with Crippen LogP contribution in [0.5, 0.6) is 0 Å². The summed E-state index contributed by atoms with van der Waals surface area (Å²) < 4.78 is 9.86. The second-order valence-corrected chi connectivity index (χ2v) is 3.41. The Labute approximate surface area is 77.8 Å². The Kier molecular flexibility index (Phi) is 3.69. The topological polar surface area (TPSA) is 55.8 Å². The number of aliphatic hydroxyl groups is 1. The fourth-order valence-electron chi connectivity index (χ4n) is 1.49. The number of esters is 1. The van der Waals surface area contributed by atoms with Crippen molar-refractivity contribution in [2.24, 2.45) is 5.92 Å². The van der Waals surface area contributed by atoms with Crippen LogP contribution < -0.4 is 0 Å². The summed E-state index contributed by atoms with van der Waals surface area (Å²) in [5.74, 6) is -0.0637. The quantitative estimate of drug-likeness (QED) is 0.647. The van der Waals surface area contributed by atoms with Gasteiger partial charge in [-0.2, -0.15) is 0 Å². The van der Waals surface area contributed by atoms with E-state index in [1.165, 1.54) is 0 Å². The van der Waals surface area contributed by atoms with Crippen molar-refractivity contribution >= 4 is 5.97 Å². The Hall–Kier alpha value is -0.610. The number of hydrogen-bond acceptors (Lipinski definition) is 4. The van der Waals surface area contributed by atoms with Crippen molar-refractivity contribution in [1.29, 1.82) is 0 Å². The zero-order chi connectivity index (χ0) is 9.84. The van der Waals surface area contributed by atoms with Crippen molar-refractivity contribution in [3.8, 4) is 0 Å².